The molecule has 0 spiro atoms. The normalized spacial score (nSPS) is 17.9. The number of urea groups is 1. The first-order chi connectivity index (χ1) is 11.8. The second-order valence-electron chi connectivity index (χ2n) is 6.12. The molecule has 0 atom stereocenters. The number of piperazine rings is 1. The van der Waals surface area contributed by atoms with Crippen LogP contribution < -0.4 is 10.2 Å². The van der Waals surface area contributed by atoms with Gasteiger partial charge in [0.2, 0.25) is 5.89 Å². The maximum Gasteiger partial charge on any atom is 0.317 e. The van der Waals surface area contributed by atoms with Crippen LogP contribution in [0.5, 0.6) is 0 Å². The number of hydrogen-bond acceptors (Lipinski definition) is 6. The molecular weight excluding hydrogens is 308 g/mol. The summed E-state index contributed by atoms with van der Waals surface area (Å²) >= 11 is 0. The molecule has 0 aromatic carbocycles. The molecule has 8 heteroatoms. The lowest BCUT2D eigenvalue weighted by atomic mass is 10.2. The van der Waals surface area contributed by atoms with Crippen molar-refractivity contribution in [1.82, 2.24) is 25.4 Å². The van der Waals surface area contributed by atoms with E-state index in [0.29, 0.717) is 24.9 Å². The molecule has 0 bridgehead atoms. The van der Waals surface area contributed by atoms with Crippen molar-refractivity contribution in [2.45, 2.75) is 18.8 Å². The number of pyridine rings is 1. The first kappa shape index (κ1) is 14.9. The molecule has 0 unspecified atom stereocenters. The third kappa shape index (κ3) is 2.79. The first-order valence-electron chi connectivity index (χ1n) is 8.26. The van der Waals surface area contributed by atoms with E-state index >= 15 is 0 Å². The molecule has 1 N–H and O–H groups in total. The molecule has 2 aliphatic rings. The number of rotatable bonds is 3. The number of nitrogens with zero attached hydrogens (tertiary/aromatic N) is 5. The van der Waals surface area contributed by atoms with Gasteiger partial charge in [0.25, 0.3) is 5.89 Å². The van der Waals surface area contributed by atoms with E-state index in [2.05, 4.69) is 25.4 Å². The van der Waals surface area contributed by atoms with Gasteiger partial charge in [0, 0.05) is 45.3 Å². The van der Waals surface area contributed by atoms with Crippen molar-refractivity contribution in [3.8, 4) is 11.5 Å². The highest BCUT2D eigenvalue weighted by atomic mass is 16.4. The van der Waals surface area contributed by atoms with Crippen molar-refractivity contribution in [2.75, 3.05) is 38.1 Å². The summed E-state index contributed by atoms with van der Waals surface area (Å²) in [5, 5.41) is 11.0. The number of aromatic nitrogens is 3. The van der Waals surface area contributed by atoms with Crippen molar-refractivity contribution in [1.29, 1.82) is 0 Å². The highest BCUT2D eigenvalue weighted by Crippen LogP contribution is 2.40. The number of carbonyl (C=O) groups excluding carboxylic acids is 1. The fraction of sp³-hybridized carbons (Fsp3) is 0.500. The molecular formula is C16H20N6O2. The lowest BCUT2D eigenvalue weighted by molar-refractivity contribution is 0.196. The van der Waals surface area contributed by atoms with Crippen LogP contribution in [0.25, 0.3) is 11.5 Å². The van der Waals surface area contributed by atoms with Gasteiger partial charge in [0.15, 0.2) is 0 Å². The number of carbonyl (C=O) groups is 1. The summed E-state index contributed by atoms with van der Waals surface area (Å²) in [6, 6.07) is 3.79. The number of hydrogen-bond donors (Lipinski definition) is 1. The lowest BCUT2D eigenvalue weighted by Gasteiger charge is -2.35. The number of amides is 2. The summed E-state index contributed by atoms with van der Waals surface area (Å²) < 4.78 is 5.84. The van der Waals surface area contributed by atoms with Crippen molar-refractivity contribution in [2.24, 2.45) is 0 Å². The smallest absolute Gasteiger partial charge is 0.317 e. The summed E-state index contributed by atoms with van der Waals surface area (Å²) in [4.78, 5) is 20.2. The average Bonchev–Trinajstić information content (AvgIpc) is 3.38. The maximum atomic E-state index is 11.7. The van der Waals surface area contributed by atoms with Gasteiger partial charge in [-0.1, -0.05) is 0 Å². The number of nitrogens with one attached hydrogen (secondary N) is 1. The monoisotopic (exact) mass is 328 g/mol. The Bertz CT molecular complexity index is 734. The summed E-state index contributed by atoms with van der Waals surface area (Å²) in [7, 11) is 1.65. The van der Waals surface area contributed by atoms with E-state index in [-0.39, 0.29) is 6.03 Å². The van der Waals surface area contributed by atoms with E-state index in [1.807, 2.05) is 12.1 Å². The van der Waals surface area contributed by atoms with Crippen LogP contribution in [0.2, 0.25) is 0 Å². The van der Waals surface area contributed by atoms with Gasteiger partial charge >= 0.3 is 6.03 Å². The van der Waals surface area contributed by atoms with E-state index in [9.17, 15) is 4.79 Å². The predicted molar refractivity (Wildman–Crippen MR) is 87.7 cm³/mol. The van der Waals surface area contributed by atoms with Crippen LogP contribution in [0.4, 0.5) is 10.6 Å². The Morgan fingerprint density at radius 3 is 2.75 bits per heavy atom. The van der Waals surface area contributed by atoms with E-state index in [1.54, 1.807) is 18.1 Å². The Kier molecular flexibility index (Phi) is 3.79. The van der Waals surface area contributed by atoms with Crippen LogP contribution in [0.3, 0.4) is 0 Å². The van der Waals surface area contributed by atoms with Crippen LogP contribution in [0, 0.1) is 0 Å². The second-order valence-corrected chi connectivity index (χ2v) is 6.12. The molecule has 2 amide bonds. The molecule has 1 saturated heterocycles. The molecule has 2 fully saturated rings. The molecule has 1 aliphatic heterocycles. The Morgan fingerprint density at radius 2 is 2.04 bits per heavy atom. The van der Waals surface area contributed by atoms with Gasteiger partial charge in [-0.25, -0.2) is 9.78 Å². The van der Waals surface area contributed by atoms with Crippen molar-refractivity contribution in [3.05, 3.63) is 24.2 Å². The van der Waals surface area contributed by atoms with Gasteiger partial charge in [0.1, 0.15) is 5.82 Å². The van der Waals surface area contributed by atoms with Crippen LogP contribution >= 0.6 is 0 Å². The zero-order valence-corrected chi connectivity index (χ0v) is 13.6. The molecule has 0 radical (unpaired) electrons. The fourth-order valence-corrected chi connectivity index (χ4v) is 2.93. The first-order valence-corrected chi connectivity index (χ1v) is 8.26. The highest BCUT2D eigenvalue weighted by molar-refractivity contribution is 5.74. The van der Waals surface area contributed by atoms with Gasteiger partial charge in [0.05, 0.1) is 5.56 Å². The van der Waals surface area contributed by atoms with Crippen LogP contribution in [0.1, 0.15) is 24.7 Å². The van der Waals surface area contributed by atoms with Crippen molar-refractivity contribution >= 4 is 11.8 Å². The van der Waals surface area contributed by atoms with Crippen LogP contribution in [-0.4, -0.2) is 59.3 Å². The van der Waals surface area contributed by atoms with Gasteiger partial charge in [-0.05, 0) is 25.0 Å². The minimum absolute atomic E-state index is 0.0399. The molecule has 8 nitrogen and oxygen atoms in total. The van der Waals surface area contributed by atoms with E-state index < -0.39 is 0 Å². The summed E-state index contributed by atoms with van der Waals surface area (Å²) in [5.41, 5.74) is 0.852. The minimum atomic E-state index is -0.0399. The van der Waals surface area contributed by atoms with Gasteiger partial charge < -0.3 is 19.5 Å². The molecule has 24 heavy (non-hydrogen) atoms. The predicted octanol–water partition coefficient (Wildman–Crippen LogP) is 1.47. The van der Waals surface area contributed by atoms with Crippen molar-refractivity contribution < 1.29 is 9.21 Å². The topological polar surface area (TPSA) is 87.4 Å². The molecule has 2 aromatic rings. The summed E-state index contributed by atoms with van der Waals surface area (Å²) in [6.45, 7) is 2.77. The zero-order chi connectivity index (χ0) is 16.5. The third-order valence-corrected chi connectivity index (χ3v) is 4.46. The Hall–Kier alpha value is -2.64. The molecule has 1 aliphatic carbocycles. The second kappa shape index (κ2) is 6.10. The standard InChI is InChI=1S/C16H20N6O2/c1-17-16(23)22-9-7-21(8-10-22)13-12(3-2-6-18-13)15-20-19-14(24-15)11-4-5-11/h2-3,6,11H,4-5,7-10H2,1H3,(H,17,23). The van der Waals surface area contributed by atoms with Gasteiger partial charge in [-0.2, -0.15) is 0 Å². The van der Waals surface area contributed by atoms with E-state index in [0.717, 1.165) is 43.2 Å². The minimum Gasteiger partial charge on any atom is -0.420 e. The molecule has 2 aromatic heterocycles. The van der Waals surface area contributed by atoms with Crippen LogP contribution in [-0.2, 0) is 0 Å². The maximum absolute atomic E-state index is 11.7. The Morgan fingerprint density at radius 1 is 1.25 bits per heavy atom. The van der Waals surface area contributed by atoms with Gasteiger partial charge in [-0.3, -0.25) is 0 Å². The van der Waals surface area contributed by atoms with E-state index in [1.165, 1.54) is 0 Å². The van der Waals surface area contributed by atoms with E-state index in [4.69, 9.17) is 4.42 Å². The third-order valence-electron chi connectivity index (χ3n) is 4.46. The van der Waals surface area contributed by atoms with Crippen LogP contribution in [0.15, 0.2) is 22.7 Å². The molecule has 3 heterocycles. The van der Waals surface area contributed by atoms with Gasteiger partial charge in [-0.15, -0.1) is 10.2 Å². The van der Waals surface area contributed by atoms with Crippen molar-refractivity contribution in [3.63, 3.8) is 0 Å². The Balaban J connectivity index is 1.54. The lowest BCUT2D eigenvalue weighted by Crippen LogP contribution is -2.51. The number of anilines is 1. The SMILES string of the molecule is CNC(=O)N1CCN(c2ncccc2-c2nnc(C3CC3)o2)CC1. The quantitative estimate of drug-likeness (QED) is 0.918. The summed E-state index contributed by atoms with van der Waals surface area (Å²) in [5.74, 6) is 2.51. The molecule has 4 rings (SSSR count). The Labute approximate surface area is 139 Å². The molecule has 126 valence electrons. The zero-order valence-electron chi connectivity index (χ0n) is 13.6. The highest BCUT2D eigenvalue weighted by Gasteiger charge is 2.30. The average molecular weight is 328 g/mol. The largest absolute Gasteiger partial charge is 0.420 e. The fourth-order valence-electron chi connectivity index (χ4n) is 2.93. The molecule has 1 saturated carbocycles. The summed E-state index contributed by atoms with van der Waals surface area (Å²) in [6.07, 6.45) is 4.02.